The van der Waals surface area contributed by atoms with Crippen LogP contribution in [0.25, 0.3) is 0 Å². The Hall–Kier alpha value is -2.29. The van der Waals surface area contributed by atoms with E-state index in [0.717, 1.165) is 28.9 Å². The minimum absolute atomic E-state index is 0.0224. The number of carbonyl (C=O) groups excluding carboxylic acids is 1. The average Bonchev–Trinajstić information content (AvgIpc) is 2.47. The Kier molecular flexibility index (Phi) is 4.77. The van der Waals surface area contributed by atoms with Gasteiger partial charge < -0.3 is 11.1 Å². The number of anilines is 2. The van der Waals surface area contributed by atoms with E-state index in [-0.39, 0.29) is 5.91 Å². The van der Waals surface area contributed by atoms with E-state index in [1.54, 1.807) is 0 Å². The smallest absolute Gasteiger partial charge is 0.224 e. The van der Waals surface area contributed by atoms with E-state index in [9.17, 15) is 4.79 Å². The molecule has 1 amide bonds. The number of hydrogen-bond acceptors (Lipinski definition) is 2. The molecule has 3 nitrogen and oxygen atoms in total. The van der Waals surface area contributed by atoms with Gasteiger partial charge in [-0.3, -0.25) is 4.79 Å². The van der Waals surface area contributed by atoms with Crippen LogP contribution >= 0.6 is 0 Å². The molecule has 0 radical (unpaired) electrons. The molecule has 0 bridgehead atoms. The number of rotatable bonds is 5. The summed E-state index contributed by atoms with van der Waals surface area (Å²) in [6, 6.07) is 15.6. The lowest BCUT2D eigenvalue weighted by Gasteiger charge is -2.10. The van der Waals surface area contributed by atoms with Crippen LogP contribution < -0.4 is 11.1 Å². The van der Waals surface area contributed by atoms with Crippen molar-refractivity contribution in [3.63, 3.8) is 0 Å². The van der Waals surface area contributed by atoms with Gasteiger partial charge in [-0.15, -0.1) is 0 Å². The van der Waals surface area contributed by atoms with Crippen molar-refractivity contribution in [3.05, 3.63) is 59.7 Å². The quantitative estimate of drug-likeness (QED) is 0.816. The molecule has 3 heteroatoms. The van der Waals surface area contributed by atoms with Crippen LogP contribution in [-0.4, -0.2) is 5.91 Å². The molecule has 2 rings (SSSR count). The van der Waals surface area contributed by atoms with E-state index in [2.05, 4.69) is 12.2 Å². The molecule has 0 unspecified atom stereocenters. The minimum atomic E-state index is 0.0224. The third-order valence-corrected chi connectivity index (χ3v) is 3.35. The first-order chi connectivity index (χ1) is 9.70. The van der Waals surface area contributed by atoms with Crippen molar-refractivity contribution in [1.82, 2.24) is 0 Å². The van der Waals surface area contributed by atoms with Gasteiger partial charge in [-0.2, -0.15) is 0 Å². The zero-order valence-electron chi connectivity index (χ0n) is 11.7. The van der Waals surface area contributed by atoms with Crippen LogP contribution in [0.1, 0.15) is 24.5 Å². The fourth-order valence-corrected chi connectivity index (χ4v) is 2.17. The maximum Gasteiger partial charge on any atom is 0.224 e. The molecule has 2 aromatic rings. The predicted octanol–water partition coefficient (Wildman–Crippen LogP) is 3.40. The summed E-state index contributed by atoms with van der Waals surface area (Å²) in [6.07, 6.45) is 2.00. The number of para-hydroxylation sites is 2. The van der Waals surface area contributed by atoms with Gasteiger partial charge in [-0.25, -0.2) is 0 Å². The summed E-state index contributed by atoms with van der Waals surface area (Å²) >= 11 is 0. The Morgan fingerprint density at radius 3 is 2.40 bits per heavy atom. The van der Waals surface area contributed by atoms with Gasteiger partial charge in [0.15, 0.2) is 0 Å². The Labute approximate surface area is 119 Å². The highest BCUT2D eigenvalue weighted by atomic mass is 16.1. The zero-order valence-corrected chi connectivity index (χ0v) is 11.7. The van der Waals surface area contributed by atoms with E-state index < -0.39 is 0 Å². The molecule has 0 saturated heterocycles. The molecule has 0 aliphatic heterocycles. The van der Waals surface area contributed by atoms with Crippen molar-refractivity contribution in [2.24, 2.45) is 0 Å². The Morgan fingerprint density at radius 1 is 1.05 bits per heavy atom. The molecule has 0 spiro atoms. The summed E-state index contributed by atoms with van der Waals surface area (Å²) in [7, 11) is 0. The number of carbonyl (C=O) groups is 1. The first kappa shape index (κ1) is 14.1. The van der Waals surface area contributed by atoms with Gasteiger partial charge in [0.05, 0.1) is 0 Å². The second-order valence-electron chi connectivity index (χ2n) is 4.76. The van der Waals surface area contributed by atoms with Crippen molar-refractivity contribution in [2.45, 2.75) is 26.2 Å². The predicted molar refractivity (Wildman–Crippen MR) is 83.6 cm³/mol. The molecule has 3 N–H and O–H groups in total. The summed E-state index contributed by atoms with van der Waals surface area (Å²) < 4.78 is 0. The molecule has 0 atom stereocenters. The first-order valence-electron chi connectivity index (χ1n) is 6.92. The third-order valence-electron chi connectivity index (χ3n) is 3.35. The third kappa shape index (κ3) is 3.60. The second-order valence-corrected chi connectivity index (χ2v) is 4.76. The number of nitrogen functional groups attached to an aromatic ring is 1. The summed E-state index contributed by atoms with van der Waals surface area (Å²) in [5.74, 6) is 0.0224. The number of hydrogen-bond donors (Lipinski definition) is 2. The second kappa shape index (κ2) is 6.75. The highest BCUT2D eigenvalue weighted by Crippen LogP contribution is 2.17. The summed E-state index contributed by atoms with van der Waals surface area (Å²) in [4.78, 5) is 12.0. The number of aryl methyl sites for hydroxylation is 2. The summed E-state index contributed by atoms with van der Waals surface area (Å²) in [5.41, 5.74) is 9.69. The monoisotopic (exact) mass is 268 g/mol. The van der Waals surface area contributed by atoms with Crippen molar-refractivity contribution in [1.29, 1.82) is 0 Å². The van der Waals surface area contributed by atoms with Gasteiger partial charge in [-0.05, 0) is 36.1 Å². The molecule has 0 fully saturated rings. The lowest BCUT2D eigenvalue weighted by atomic mass is 10.1. The summed E-state index contributed by atoms with van der Waals surface area (Å²) in [5, 5.41) is 2.97. The molecule has 20 heavy (non-hydrogen) atoms. The Bertz CT molecular complexity index is 593. The lowest BCUT2D eigenvalue weighted by molar-refractivity contribution is -0.116. The number of benzene rings is 2. The highest BCUT2D eigenvalue weighted by Gasteiger charge is 2.07. The van der Waals surface area contributed by atoms with Gasteiger partial charge >= 0.3 is 0 Å². The lowest BCUT2D eigenvalue weighted by Crippen LogP contribution is -2.14. The van der Waals surface area contributed by atoms with Crippen LogP contribution in [0.4, 0.5) is 11.4 Å². The molecule has 0 saturated carbocycles. The molecule has 0 aliphatic carbocycles. The van der Waals surface area contributed by atoms with E-state index in [0.29, 0.717) is 12.8 Å². The number of amides is 1. The van der Waals surface area contributed by atoms with Gasteiger partial charge in [0.25, 0.3) is 0 Å². The Balaban J connectivity index is 1.95. The van der Waals surface area contributed by atoms with Crippen LogP contribution in [0, 0.1) is 0 Å². The Morgan fingerprint density at radius 2 is 1.70 bits per heavy atom. The van der Waals surface area contributed by atoms with Gasteiger partial charge in [0.2, 0.25) is 5.91 Å². The van der Waals surface area contributed by atoms with Gasteiger partial charge in [0, 0.05) is 17.8 Å². The molecule has 0 aliphatic rings. The van der Waals surface area contributed by atoms with Crippen molar-refractivity contribution >= 4 is 17.3 Å². The fourth-order valence-electron chi connectivity index (χ4n) is 2.17. The molecule has 104 valence electrons. The first-order valence-corrected chi connectivity index (χ1v) is 6.92. The van der Waals surface area contributed by atoms with Crippen LogP contribution in [0.15, 0.2) is 48.5 Å². The van der Waals surface area contributed by atoms with Crippen molar-refractivity contribution in [3.8, 4) is 0 Å². The highest BCUT2D eigenvalue weighted by molar-refractivity contribution is 5.91. The molecule has 0 heterocycles. The SMILES string of the molecule is CCc1ccccc1NC(=O)CCc1ccccc1N. The maximum atomic E-state index is 12.0. The molecular formula is C17H20N2O. The average molecular weight is 268 g/mol. The largest absolute Gasteiger partial charge is 0.399 e. The summed E-state index contributed by atoms with van der Waals surface area (Å²) in [6.45, 7) is 2.08. The van der Waals surface area contributed by atoms with E-state index in [4.69, 9.17) is 5.73 Å². The zero-order chi connectivity index (χ0) is 14.4. The molecule has 0 aromatic heterocycles. The van der Waals surface area contributed by atoms with Crippen LogP contribution in [0.2, 0.25) is 0 Å². The van der Waals surface area contributed by atoms with Crippen LogP contribution in [0.5, 0.6) is 0 Å². The number of nitrogens with two attached hydrogens (primary N) is 1. The van der Waals surface area contributed by atoms with Crippen LogP contribution in [0.3, 0.4) is 0 Å². The normalized spacial score (nSPS) is 10.2. The van der Waals surface area contributed by atoms with E-state index in [1.807, 2.05) is 48.5 Å². The minimum Gasteiger partial charge on any atom is -0.399 e. The van der Waals surface area contributed by atoms with Gasteiger partial charge in [0.1, 0.15) is 0 Å². The molecular weight excluding hydrogens is 248 g/mol. The van der Waals surface area contributed by atoms with Crippen molar-refractivity contribution in [2.75, 3.05) is 11.1 Å². The topological polar surface area (TPSA) is 55.1 Å². The standard InChI is InChI=1S/C17H20N2O/c1-2-13-7-4-6-10-16(13)19-17(20)12-11-14-8-3-5-9-15(14)18/h3-10H,2,11-12,18H2,1H3,(H,19,20). The number of nitrogens with one attached hydrogen (secondary N) is 1. The van der Waals surface area contributed by atoms with E-state index >= 15 is 0 Å². The van der Waals surface area contributed by atoms with E-state index in [1.165, 1.54) is 0 Å². The van der Waals surface area contributed by atoms with Gasteiger partial charge in [-0.1, -0.05) is 43.3 Å². The molecule has 2 aromatic carbocycles. The van der Waals surface area contributed by atoms with Crippen molar-refractivity contribution < 1.29 is 4.79 Å². The maximum absolute atomic E-state index is 12.0. The van der Waals surface area contributed by atoms with Crippen LogP contribution in [-0.2, 0) is 17.6 Å². The fraction of sp³-hybridized carbons (Fsp3) is 0.235.